The standard InChI is InChI=1S/C17H19NO2/c1-12(13-7-9-14(19-2)10-8-13)18-16-11-20-17-6-4-3-5-15(16)17/h3-10,12,16,18H,11H2,1-2H3. The molecule has 2 aromatic rings. The first-order valence-corrected chi connectivity index (χ1v) is 6.89. The lowest BCUT2D eigenvalue weighted by Gasteiger charge is -2.19. The van der Waals surface area contributed by atoms with Crippen molar-refractivity contribution in [3.05, 3.63) is 59.7 Å². The van der Waals surface area contributed by atoms with Crippen LogP contribution in [0.2, 0.25) is 0 Å². The maximum absolute atomic E-state index is 5.70. The van der Waals surface area contributed by atoms with Gasteiger partial charge in [0.05, 0.1) is 13.2 Å². The van der Waals surface area contributed by atoms with Crippen molar-refractivity contribution >= 4 is 0 Å². The first-order valence-electron chi connectivity index (χ1n) is 6.89. The summed E-state index contributed by atoms with van der Waals surface area (Å²) in [5, 5.41) is 3.62. The smallest absolute Gasteiger partial charge is 0.124 e. The summed E-state index contributed by atoms with van der Waals surface area (Å²) in [6.07, 6.45) is 0. The van der Waals surface area contributed by atoms with Crippen LogP contribution >= 0.6 is 0 Å². The number of hydrogen-bond acceptors (Lipinski definition) is 3. The number of fused-ring (bicyclic) bond motifs is 1. The van der Waals surface area contributed by atoms with E-state index in [9.17, 15) is 0 Å². The van der Waals surface area contributed by atoms with Crippen molar-refractivity contribution in [3.8, 4) is 11.5 Å². The molecule has 0 saturated heterocycles. The Balaban J connectivity index is 1.71. The molecule has 0 aliphatic carbocycles. The Bertz CT molecular complexity index is 580. The van der Waals surface area contributed by atoms with Gasteiger partial charge in [0.2, 0.25) is 0 Å². The largest absolute Gasteiger partial charge is 0.497 e. The molecule has 1 N–H and O–H groups in total. The third-order valence-electron chi connectivity index (χ3n) is 3.77. The van der Waals surface area contributed by atoms with Crippen LogP contribution in [0.15, 0.2) is 48.5 Å². The second-order valence-electron chi connectivity index (χ2n) is 5.06. The molecule has 0 aromatic heterocycles. The van der Waals surface area contributed by atoms with Crippen molar-refractivity contribution in [3.63, 3.8) is 0 Å². The van der Waals surface area contributed by atoms with Crippen LogP contribution in [0.4, 0.5) is 0 Å². The highest BCUT2D eigenvalue weighted by Gasteiger charge is 2.24. The van der Waals surface area contributed by atoms with Gasteiger partial charge in [0.25, 0.3) is 0 Å². The number of nitrogens with one attached hydrogen (secondary N) is 1. The summed E-state index contributed by atoms with van der Waals surface area (Å²) >= 11 is 0. The average Bonchev–Trinajstić information content (AvgIpc) is 2.91. The van der Waals surface area contributed by atoms with E-state index in [-0.39, 0.29) is 12.1 Å². The summed E-state index contributed by atoms with van der Waals surface area (Å²) in [5.74, 6) is 1.88. The van der Waals surface area contributed by atoms with E-state index in [0.717, 1.165) is 11.5 Å². The number of methoxy groups -OCH3 is 1. The maximum Gasteiger partial charge on any atom is 0.124 e. The SMILES string of the molecule is COc1ccc(C(C)NC2COc3ccccc32)cc1. The van der Waals surface area contributed by atoms with Crippen LogP contribution in [0.1, 0.15) is 30.1 Å². The van der Waals surface area contributed by atoms with Crippen LogP contribution in [0.25, 0.3) is 0 Å². The summed E-state index contributed by atoms with van der Waals surface area (Å²) in [6, 6.07) is 16.9. The molecule has 0 radical (unpaired) electrons. The monoisotopic (exact) mass is 269 g/mol. The van der Waals surface area contributed by atoms with Gasteiger partial charge in [-0.1, -0.05) is 30.3 Å². The Kier molecular flexibility index (Phi) is 3.61. The van der Waals surface area contributed by atoms with Gasteiger partial charge in [-0.15, -0.1) is 0 Å². The van der Waals surface area contributed by atoms with Crippen LogP contribution < -0.4 is 14.8 Å². The number of hydrogen-bond donors (Lipinski definition) is 1. The fourth-order valence-corrected chi connectivity index (χ4v) is 2.59. The second kappa shape index (κ2) is 5.55. The quantitative estimate of drug-likeness (QED) is 0.921. The zero-order chi connectivity index (χ0) is 13.9. The third kappa shape index (κ3) is 2.49. The van der Waals surface area contributed by atoms with E-state index < -0.39 is 0 Å². The maximum atomic E-state index is 5.70. The van der Waals surface area contributed by atoms with E-state index in [2.05, 4.69) is 36.5 Å². The molecule has 1 aliphatic rings. The van der Waals surface area contributed by atoms with Crippen molar-refractivity contribution in [1.29, 1.82) is 0 Å². The Morgan fingerprint density at radius 2 is 1.90 bits per heavy atom. The van der Waals surface area contributed by atoms with Crippen LogP contribution in [-0.4, -0.2) is 13.7 Å². The van der Waals surface area contributed by atoms with Gasteiger partial charge in [-0.2, -0.15) is 0 Å². The molecule has 0 amide bonds. The third-order valence-corrected chi connectivity index (χ3v) is 3.77. The fraction of sp³-hybridized carbons (Fsp3) is 0.294. The molecule has 3 nitrogen and oxygen atoms in total. The van der Waals surface area contributed by atoms with Crippen LogP contribution in [0.5, 0.6) is 11.5 Å². The summed E-state index contributed by atoms with van der Waals surface area (Å²) < 4.78 is 10.9. The van der Waals surface area contributed by atoms with Gasteiger partial charge in [0.1, 0.15) is 18.1 Å². The van der Waals surface area contributed by atoms with Crippen molar-refractivity contribution in [2.75, 3.05) is 13.7 Å². The molecule has 2 aromatic carbocycles. The Hall–Kier alpha value is -2.00. The van der Waals surface area contributed by atoms with Gasteiger partial charge in [-0.3, -0.25) is 0 Å². The van der Waals surface area contributed by atoms with Gasteiger partial charge < -0.3 is 14.8 Å². The molecule has 0 saturated carbocycles. The van der Waals surface area contributed by atoms with E-state index in [1.165, 1.54) is 11.1 Å². The molecule has 2 atom stereocenters. The first kappa shape index (κ1) is 13.0. The van der Waals surface area contributed by atoms with Gasteiger partial charge in [-0.05, 0) is 30.7 Å². The molecule has 1 heterocycles. The first-order chi connectivity index (χ1) is 9.78. The van der Waals surface area contributed by atoms with Crippen LogP contribution in [-0.2, 0) is 0 Å². The van der Waals surface area contributed by atoms with Crippen molar-refractivity contribution in [1.82, 2.24) is 5.32 Å². The van der Waals surface area contributed by atoms with E-state index >= 15 is 0 Å². The minimum atomic E-state index is 0.253. The van der Waals surface area contributed by atoms with Crippen LogP contribution in [0, 0.1) is 0 Å². The highest BCUT2D eigenvalue weighted by Crippen LogP contribution is 2.33. The van der Waals surface area contributed by atoms with Gasteiger partial charge in [0, 0.05) is 11.6 Å². The fourth-order valence-electron chi connectivity index (χ4n) is 2.59. The summed E-state index contributed by atoms with van der Waals surface area (Å²) in [6.45, 7) is 2.86. The molecular weight excluding hydrogens is 250 g/mol. The zero-order valence-electron chi connectivity index (χ0n) is 11.8. The summed E-state index contributed by atoms with van der Waals surface area (Å²) in [7, 11) is 1.68. The van der Waals surface area contributed by atoms with Crippen molar-refractivity contribution in [2.45, 2.75) is 19.0 Å². The lowest BCUT2D eigenvalue weighted by atomic mass is 10.0. The van der Waals surface area contributed by atoms with Gasteiger partial charge in [-0.25, -0.2) is 0 Å². The van der Waals surface area contributed by atoms with Gasteiger partial charge in [0.15, 0.2) is 0 Å². The van der Waals surface area contributed by atoms with Crippen LogP contribution in [0.3, 0.4) is 0 Å². The molecule has 0 spiro atoms. The zero-order valence-corrected chi connectivity index (χ0v) is 11.8. The number of ether oxygens (including phenoxy) is 2. The van der Waals surface area contributed by atoms with E-state index in [0.29, 0.717) is 6.61 Å². The number of para-hydroxylation sites is 1. The molecule has 104 valence electrons. The number of rotatable bonds is 4. The summed E-state index contributed by atoms with van der Waals surface area (Å²) in [4.78, 5) is 0. The topological polar surface area (TPSA) is 30.5 Å². The molecule has 0 bridgehead atoms. The molecule has 2 unspecified atom stereocenters. The predicted octanol–water partition coefficient (Wildman–Crippen LogP) is 3.48. The normalized spacial score (nSPS) is 18.2. The van der Waals surface area contributed by atoms with E-state index in [1.54, 1.807) is 7.11 Å². The molecule has 1 aliphatic heterocycles. The number of benzene rings is 2. The molecule has 0 fully saturated rings. The molecule has 3 heteroatoms. The van der Waals surface area contributed by atoms with E-state index in [1.807, 2.05) is 24.3 Å². The Morgan fingerprint density at radius 3 is 2.65 bits per heavy atom. The highest BCUT2D eigenvalue weighted by molar-refractivity contribution is 5.39. The minimum Gasteiger partial charge on any atom is -0.497 e. The lowest BCUT2D eigenvalue weighted by molar-refractivity contribution is 0.301. The predicted molar refractivity (Wildman–Crippen MR) is 79.2 cm³/mol. The lowest BCUT2D eigenvalue weighted by Crippen LogP contribution is -2.25. The van der Waals surface area contributed by atoms with Crippen molar-refractivity contribution in [2.24, 2.45) is 0 Å². The molecule has 20 heavy (non-hydrogen) atoms. The minimum absolute atomic E-state index is 0.253. The summed E-state index contributed by atoms with van der Waals surface area (Å²) in [5.41, 5.74) is 2.49. The molecular formula is C17H19NO2. The second-order valence-corrected chi connectivity index (χ2v) is 5.06. The average molecular weight is 269 g/mol. The molecule has 3 rings (SSSR count). The Labute approximate surface area is 119 Å². The van der Waals surface area contributed by atoms with E-state index in [4.69, 9.17) is 9.47 Å². The van der Waals surface area contributed by atoms with Crippen molar-refractivity contribution < 1.29 is 9.47 Å². The van der Waals surface area contributed by atoms with Gasteiger partial charge >= 0.3 is 0 Å². The highest BCUT2D eigenvalue weighted by atomic mass is 16.5. The Morgan fingerprint density at radius 1 is 1.15 bits per heavy atom.